The van der Waals surface area contributed by atoms with Gasteiger partial charge in [-0.1, -0.05) is 6.92 Å². The standard InChI is InChI=1S/C4H11BOS/c1-3-4-6-5-7-2/h5H,3-4H2,1-2H3. The van der Waals surface area contributed by atoms with Crippen molar-refractivity contribution in [2.24, 2.45) is 0 Å². The van der Waals surface area contributed by atoms with Gasteiger partial charge in [0.1, 0.15) is 0 Å². The highest BCUT2D eigenvalue weighted by Crippen LogP contribution is 1.87. The largest absolute Gasteiger partial charge is 0.428 e. The van der Waals surface area contributed by atoms with Crippen molar-refractivity contribution < 1.29 is 4.65 Å². The van der Waals surface area contributed by atoms with E-state index < -0.39 is 0 Å². The third-order valence-electron chi connectivity index (χ3n) is 0.550. The summed E-state index contributed by atoms with van der Waals surface area (Å²) in [6, 6.07) is 0. The Hall–Kier alpha value is 0.375. The summed E-state index contributed by atoms with van der Waals surface area (Å²) in [5, 5.41) is 0. The Morgan fingerprint density at radius 3 is 2.86 bits per heavy atom. The molecule has 0 atom stereocenters. The Bertz CT molecular complexity index is 30.9. The zero-order valence-electron chi connectivity index (χ0n) is 4.94. The summed E-state index contributed by atoms with van der Waals surface area (Å²) < 4.78 is 5.09. The van der Waals surface area contributed by atoms with Gasteiger partial charge in [0.2, 0.25) is 0 Å². The van der Waals surface area contributed by atoms with Crippen LogP contribution in [0, 0.1) is 0 Å². The number of hydrogen-bond donors (Lipinski definition) is 0. The molecule has 0 aromatic heterocycles. The van der Waals surface area contributed by atoms with Crippen molar-refractivity contribution in [2.45, 2.75) is 13.3 Å². The summed E-state index contributed by atoms with van der Waals surface area (Å²) >= 11 is 1.72. The number of hydrogen-bond acceptors (Lipinski definition) is 2. The first kappa shape index (κ1) is 7.37. The average molecular weight is 118 g/mol. The molecule has 0 N–H and O–H groups in total. The summed E-state index contributed by atoms with van der Waals surface area (Å²) in [4.78, 5) is 0. The summed E-state index contributed by atoms with van der Waals surface area (Å²) in [7, 11) is 0. The first-order chi connectivity index (χ1) is 3.41. The lowest BCUT2D eigenvalue weighted by molar-refractivity contribution is 0.345. The van der Waals surface area contributed by atoms with E-state index >= 15 is 0 Å². The van der Waals surface area contributed by atoms with Crippen LogP contribution in [-0.2, 0) is 4.65 Å². The molecule has 0 fully saturated rings. The molecule has 3 heteroatoms. The van der Waals surface area contributed by atoms with E-state index in [1.54, 1.807) is 11.6 Å². The van der Waals surface area contributed by atoms with Gasteiger partial charge in [0.25, 0.3) is 0 Å². The number of rotatable bonds is 4. The molecule has 0 bridgehead atoms. The van der Waals surface area contributed by atoms with E-state index in [0.29, 0.717) is 0 Å². The van der Waals surface area contributed by atoms with Crippen LogP contribution < -0.4 is 0 Å². The molecule has 0 heterocycles. The van der Waals surface area contributed by atoms with Gasteiger partial charge in [-0.25, -0.2) is 0 Å². The van der Waals surface area contributed by atoms with Crippen LogP contribution in [0.1, 0.15) is 13.3 Å². The highest BCUT2D eigenvalue weighted by Gasteiger charge is 1.82. The van der Waals surface area contributed by atoms with E-state index in [-0.39, 0.29) is 0 Å². The molecule has 0 saturated heterocycles. The van der Waals surface area contributed by atoms with Gasteiger partial charge < -0.3 is 4.65 Å². The van der Waals surface area contributed by atoms with Crippen molar-refractivity contribution in [3.63, 3.8) is 0 Å². The Morgan fingerprint density at radius 1 is 1.71 bits per heavy atom. The molecule has 0 aliphatic rings. The van der Waals surface area contributed by atoms with E-state index in [1.165, 1.54) is 0 Å². The van der Waals surface area contributed by atoms with E-state index in [0.717, 1.165) is 19.8 Å². The van der Waals surface area contributed by atoms with Crippen molar-refractivity contribution in [3.8, 4) is 0 Å². The molecule has 0 aliphatic carbocycles. The maximum atomic E-state index is 5.09. The van der Waals surface area contributed by atoms with Crippen LogP contribution in [0.5, 0.6) is 0 Å². The fourth-order valence-corrected chi connectivity index (χ4v) is 0.571. The van der Waals surface area contributed by atoms with Crippen LogP contribution >= 0.6 is 11.6 Å². The quantitative estimate of drug-likeness (QED) is 0.403. The molecule has 1 nitrogen and oxygen atoms in total. The predicted octanol–water partition coefficient (Wildman–Crippen LogP) is 1.04. The molecule has 0 saturated carbocycles. The van der Waals surface area contributed by atoms with Crippen LogP contribution in [0.3, 0.4) is 0 Å². The highest BCUT2D eigenvalue weighted by atomic mass is 32.2. The van der Waals surface area contributed by atoms with Crippen molar-refractivity contribution in [3.05, 3.63) is 0 Å². The lowest BCUT2D eigenvalue weighted by Gasteiger charge is -1.93. The molecule has 0 amide bonds. The van der Waals surface area contributed by atoms with Crippen molar-refractivity contribution >= 4 is 18.4 Å². The Labute approximate surface area is 50.0 Å². The average Bonchev–Trinajstić information content (AvgIpc) is 1.69. The second-order valence-electron chi connectivity index (χ2n) is 1.31. The van der Waals surface area contributed by atoms with Crippen molar-refractivity contribution in [2.75, 3.05) is 12.9 Å². The molecule has 0 unspecified atom stereocenters. The smallest absolute Gasteiger partial charge is 0.342 e. The lowest BCUT2D eigenvalue weighted by Crippen LogP contribution is -1.93. The first-order valence-electron chi connectivity index (χ1n) is 2.48. The van der Waals surface area contributed by atoms with Crippen LogP contribution in [0.25, 0.3) is 0 Å². The van der Waals surface area contributed by atoms with Crippen LogP contribution in [0.15, 0.2) is 0 Å². The van der Waals surface area contributed by atoms with E-state index in [2.05, 4.69) is 6.92 Å². The van der Waals surface area contributed by atoms with Gasteiger partial charge in [-0.3, -0.25) is 0 Å². The van der Waals surface area contributed by atoms with Gasteiger partial charge in [0.05, 0.1) is 0 Å². The van der Waals surface area contributed by atoms with Gasteiger partial charge in [0, 0.05) is 6.61 Å². The fourth-order valence-electron chi connectivity index (χ4n) is 0.287. The summed E-state index contributed by atoms with van der Waals surface area (Å²) in [6.45, 7) is 3.86. The van der Waals surface area contributed by atoms with Gasteiger partial charge in [-0.2, -0.15) is 11.6 Å². The first-order valence-corrected chi connectivity index (χ1v) is 3.88. The summed E-state index contributed by atoms with van der Waals surface area (Å²) in [5.74, 6) is 0. The van der Waals surface area contributed by atoms with E-state index in [1.807, 2.05) is 6.26 Å². The maximum Gasteiger partial charge on any atom is 0.342 e. The second-order valence-corrected chi connectivity index (χ2v) is 2.13. The van der Waals surface area contributed by atoms with Gasteiger partial charge in [0.15, 0.2) is 0 Å². The topological polar surface area (TPSA) is 9.23 Å². The van der Waals surface area contributed by atoms with Crippen LogP contribution in [0.4, 0.5) is 0 Å². The van der Waals surface area contributed by atoms with Gasteiger partial charge >= 0.3 is 6.76 Å². The Balaban J connectivity index is 2.45. The lowest BCUT2D eigenvalue weighted by atomic mass is 10.5. The molecule has 0 aromatic carbocycles. The fraction of sp³-hybridized carbons (Fsp3) is 1.00. The minimum Gasteiger partial charge on any atom is -0.428 e. The van der Waals surface area contributed by atoms with Gasteiger partial charge in [-0.05, 0) is 12.7 Å². The molecular weight excluding hydrogens is 107 g/mol. The highest BCUT2D eigenvalue weighted by molar-refractivity contribution is 8.21. The summed E-state index contributed by atoms with van der Waals surface area (Å²) in [6.07, 6.45) is 3.16. The third-order valence-corrected chi connectivity index (χ3v) is 0.952. The molecule has 0 aromatic rings. The molecule has 0 aliphatic heterocycles. The summed E-state index contributed by atoms with van der Waals surface area (Å²) in [5.41, 5.74) is 0. The normalized spacial score (nSPS) is 8.86. The molecule has 42 valence electrons. The zero-order valence-corrected chi connectivity index (χ0v) is 5.75. The van der Waals surface area contributed by atoms with E-state index in [4.69, 9.17) is 4.65 Å². The van der Waals surface area contributed by atoms with Crippen molar-refractivity contribution in [1.82, 2.24) is 0 Å². The molecule has 0 radical (unpaired) electrons. The zero-order chi connectivity index (χ0) is 5.54. The Morgan fingerprint density at radius 2 is 2.43 bits per heavy atom. The maximum absolute atomic E-state index is 5.09. The molecule has 7 heavy (non-hydrogen) atoms. The molecule has 0 spiro atoms. The van der Waals surface area contributed by atoms with Crippen LogP contribution in [0.2, 0.25) is 0 Å². The minimum atomic E-state index is 0.841. The van der Waals surface area contributed by atoms with E-state index in [9.17, 15) is 0 Å². The molecular formula is C4H11BOS. The predicted molar refractivity (Wildman–Crippen MR) is 36.9 cm³/mol. The van der Waals surface area contributed by atoms with Gasteiger partial charge in [-0.15, -0.1) is 0 Å². The monoisotopic (exact) mass is 118 g/mol. The third kappa shape index (κ3) is 6.37. The SMILES string of the molecule is CCCOBSC. The minimum absolute atomic E-state index is 0.841. The van der Waals surface area contributed by atoms with Crippen molar-refractivity contribution in [1.29, 1.82) is 0 Å². The Kier molecular flexibility index (Phi) is 6.72. The second kappa shape index (κ2) is 6.37. The van der Waals surface area contributed by atoms with Crippen LogP contribution in [-0.4, -0.2) is 19.6 Å². The molecule has 0 rings (SSSR count).